The molecule has 56 valence electrons. The van der Waals surface area contributed by atoms with Crippen LogP contribution >= 0.6 is 0 Å². The van der Waals surface area contributed by atoms with Crippen LogP contribution < -0.4 is 0 Å². The molecule has 1 unspecified atom stereocenters. The molecule has 0 bridgehead atoms. The summed E-state index contributed by atoms with van der Waals surface area (Å²) < 4.78 is 0. The van der Waals surface area contributed by atoms with Crippen LogP contribution in [0.25, 0.3) is 0 Å². The van der Waals surface area contributed by atoms with Crippen molar-refractivity contribution in [1.82, 2.24) is 0 Å². The highest BCUT2D eigenvalue weighted by Crippen LogP contribution is 2.24. The summed E-state index contributed by atoms with van der Waals surface area (Å²) in [7, 11) is 0. The van der Waals surface area contributed by atoms with Crippen LogP contribution in [0.15, 0.2) is 11.6 Å². The van der Waals surface area contributed by atoms with E-state index in [1.165, 1.54) is 0 Å². The highest BCUT2D eigenvalue weighted by atomic mass is 16.1. The Kier molecular flexibility index (Phi) is 2.25. The molecule has 1 rings (SSSR count). The fourth-order valence-electron chi connectivity index (χ4n) is 1.41. The van der Waals surface area contributed by atoms with Gasteiger partial charge in [0, 0.05) is 6.42 Å². The van der Waals surface area contributed by atoms with Gasteiger partial charge in [0.15, 0.2) is 5.78 Å². The first kappa shape index (κ1) is 7.52. The number of Topliss-reactive ketones (excluding diaryl/α,β-unsaturated/α-hetero) is 1. The molecule has 0 aliphatic heterocycles. The average molecular weight is 138 g/mol. The molecule has 1 fully saturated rings. The second-order valence-electron chi connectivity index (χ2n) is 3.09. The van der Waals surface area contributed by atoms with Crippen molar-refractivity contribution in [2.75, 3.05) is 0 Å². The Hall–Kier alpha value is -0.590. The molecule has 1 nitrogen and oxygen atoms in total. The molecule has 1 heteroatoms. The second-order valence-corrected chi connectivity index (χ2v) is 3.09. The lowest BCUT2D eigenvalue weighted by Crippen LogP contribution is -2.14. The van der Waals surface area contributed by atoms with Crippen LogP contribution in [-0.4, -0.2) is 5.78 Å². The Morgan fingerprint density at radius 3 is 2.80 bits per heavy atom. The van der Waals surface area contributed by atoms with Gasteiger partial charge in [-0.1, -0.05) is 13.0 Å². The normalized spacial score (nSPS) is 31.2. The van der Waals surface area contributed by atoms with Gasteiger partial charge in [0.25, 0.3) is 0 Å². The first-order valence-electron chi connectivity index (χ1n) is 3.92. The summed E-state index contributed by atoms with van der Waals surface area (Å²) in [6, 6.07) is 0. The van der Waals surface area contributed by atoms with Gasteiger partial charge >= 0.3 is 0 Å². The first-order valence-corrected chi connectivity index (χ1v) is 3.92. The molecule has 0 spiro atoms. The highest BCUT2D eigenvalue weighted by molar-refractivity contribution is 5.95. The van der Waals surface area contributed by atoms with Gasteiger partial charge in [-0.25, -0.2) is 0 Å². The molecule has 1 aliphatic carbocycles. The molecule has 1 saturated carbocycles. The lowest BCUT2D eigenvalue weighted by atomic mass is 9.86. The monoisotopic (exact) mass is 138 g/mol. The third-order valence-corrected chi connectivity index (χ3v) is 2.14. The van der Waals surface area contributed by atoms with Crippen molar-refractivity contribution in [3.8, 4) is 0 Å². The fraction of sp³-hybridized carbons (Fsp3) is 0.667. The van der Waals surface area contributed by atoms with Crippen LogP contribution in [0.2, 0.25) is 0 Å². The maximum atomic E-state index is 11.1. The molecule has 0 radical (unpaired) electrons. The van der Waals surface area contributed by atoms with E-state index in [0.29, 0.717) is 11.7 Å². The van der Waals surface area contributed by atoms with E-state index in [1.807, 2.05) is 13.0 Å². The van der Waals surface area contributed by atoms with E-state index >= 15 is 0 Å². The molecule has 0 aromatic rings. The maximum Gasteiger partial charge on any atom is 0.158 e. The van der Waals surface area contributed by atoms with Gasteiger partial charge in [-0.15, -0.1) is 0 Å². The highest BCUT2D eigenvalue weighted by Gasteiger charge is 2.18. The van der Waals surface area contributed by atoms with Gasteiger partial charge in [0.1, 0.15) is 0 Å². The standard InChI is InChI=1S/C9H14O/c1-3-8-6-7(2)4-5-9(8)10/h3,7H,4-6H2,1-2H3/b8-3+. The van der Waals surface area contributed by atoms with Crippen molar-refractivity contribution in [2.45, 2.75) is 33.1 Å². The zero-order chi connectivity index (χ0) is 7.56. The van der Waals surface area contributed by atoms with Gasteiger partial charge in [-0.05, 0) is 31.3 Å². The number of rotatable bonds is 0. The summed E-state index contributed by atoms with van der Waals surface area (Å²) in [5, 5.41) is 0. The molecular weight excluding hydrogens is 124 g/mol. The molecule has 0 heterocycles. The topological polar surface area (TPSA) is 17.1 Å². The molecule has 1 atom stereocenters. The van der Waals surface area contributed by atoms with E-state index in [1.54, 1.807) is 0 Å². The fourth-order valence-corrected chi connectivity index (χ4v) is 1.41. The van der Waals surface area contributed by atoms with E-state index in [-0.39, 0.29) is 0 Å². The Bertz CT molecular complexity index is 168. The number of hydrogen-bond acceptors (Lipinski definition) is 1. The molecule has 0 aromatic carbocycles. The van der Waals surface area contributed by atoms with Crippen molar-refractivity contribution in [2.24, 2.45) is 5.92 Å². The minimum atomic E-state index is 0.362. The molecule has 0 N–H and O–H groups in total. The van der Waals surface area contributed by atoms with Gasteiger partial charge in [-0.3, -0.25) is 4.79 Å². The largest absolute Gasteiger partial charge is 0.295 e. The smallest absolute Gasteiger partial charge is 0.158 e. The minimum absolute atomic E-state index is 0.362. The van der Waals surface area contributed by atoms with E-state index < -0.39 is 0 Å². The third-order valence-electron chi connectivity index (χ3n) is 2.14. The van der Waals surface area contributed by atoms with Gasteiger partial charge in [0.2, 0.25) is 0 Å². The SMILES string of the molecule is C/C=C1\CC(C)CCC1=O. The van der Waals surface area contributed by atoms with Gasteiger partial charge in [-0.2, -0.15) is 0 Å². The lowest BCUT2D eigenvalue weighted by molar-refractivity contribution is -0.116. The summed E-state index contributed by atoms with van der Waals surface area (Å²) in [6.45, 7) is 4.15. The summed E-state index contributed by atoms with van der Waals surface area (Å²) >= 11 is 0. The van der Waals surface area contributed by atoms with Crippen molar-refractivity contribution in [1.29, 1.82) is 0 Å². The number of hydrogen-bond donors (Lipinski definition) is 0. The predicted molar refractivity (Wildman–Crippen MR) is 41.8 cm³/mol. The Balaban J connectivity index is 2.63. The number of allylic oxidation sites excluding steroid dienone is 2. The number of ketones is 1. The van der Waals surface area contributed by atoms with Gasteiger partial charge < -0.3 is 0 Å². The molecule has 0 saturated heterocycles. The third kappa shape index (κ3) is 1.47. The molecular formula is C9H14O. The summed E-state index contributed by atoms with van der Waals surface area (Å²) in [5.41, 5.74) is 1.04. The number of carbonyl (C=O) groups is 1. The van der Waals surface area contributed by atoms with E-state index in [0.717, 1.165) is 24.8 Å². The van der Waals surface area contributed by atoms with Crippen LogP contribution in [0.4, 0.5) is 0 Å². The van der Waals surface area contributed by atoms with Crippen LogP contribution in [0, 0.1) is 5.92 Å². The quantitative estimate of drug-likeness (QED) is 0.469. The van der Waals surface area contributed by atoms with E-state index in [9.17, 15) is 4.79 Å². The van der Waals surface area contributed by atoms with Crippen molar-refractivity contribution in [3.05, 3.63) is 11.6 Å². The average Bonchev–Trinajstić information content (AvgIpc) is 1.94. The first-order chi connectivity index (χ1) is 4.74. The Labute approximate surface area is 62.1 Å². The van der Waals surface area contributed by atoms with Crippen LogP contribution in [0.1, 0.15) is 33.1 Å². The Morgan fingerprint density at radius 2 is 2.30 bits per heavy atom. The Morgan fingerprint density at radius 1 is 1.60 bits per heavy atom. The van der Waals surface area contributed by atoms with E-state index in [4.69, 9.17) is 0 Å². The zero-order valence-electron chi connectivity index (χ0n) is 6.68. The van der Waals surface area contributed by atoms with Crippen LogP contribution in [0.5, 0.6) is 0 Å². The second kappa shape index (κ2) is 3.00. The molecule has 0 aromatic heterocycles. The number of carbonyl (C=O) groups excluding carboxylic acids is 1. The van der Waals surface area contributed by atoms with Crippen molar-refractivity contribution < 1.29 is 4.79 Å². The summed E-state index contributed by atoms with van der Waals surface area (Å²) in [4.78, 5) is 11.1. The lowest BCUT2D eigenvalue weighted by Gasteiger charge is -2.18. The van der Waals surface area contributed by atoms with E-state index in [2.05, 4.69) is 6.92 Å². The molecule has 1 aliphatic rings. The van der Waals surface area contributed by atoms with Crippen LogP contribution in [-0.2, 0) is 4.79 Å². The van der Waals surface area contributed by atoms with Crippen LogP contribution in [0.3, 0.4) is 0 Å². The molecule has 10 heavy (non-hydrogen) atoms. The van der Waals surface area contributed by atoms with Crippen molar-refractivity contribution >= 4 is 5.78 Å². The summed E-state index contributed by atoms with van der Waals surface area (Å²) in [6.07, 6.45) is 4.80. The summed E-state index contributed by atoms with van der Waals surface area (Å²) in [5.74, 6) is 1.07. The zero-order valence-corrected chi connectivity index (χ0v) is 6.68. The minimum Gasteiger partial charge on any atom is -0.295 e. The van der Waals surface area contributed by atoms with Gasteiger partial charge in [0.05, 0.1) is 0 Å². The van der Waals surface area contributed by atoms with Crippen molar-refractivity contribution in [3.63, 3.8) is 0 Å². The molecule has 0 amide bonds. The predicted octanol–water partition coefficient (Wildman–Crippen LogP) is 2.32. The maximum absolute atomic E-state index is 11.1.